The number of aliphatic hydroxyl groups is 1. The van der Waals surface area contributed by atoms with Crippen molar-refractivity contribution in [3.05, 3.63) is 6.20 Å². The molecule has 11 heavy (non-hydrogen) atoms. The maximum atomic E-state index is 9.14. The van der Waals surface area contributed by atoms with Gasteiger partial charge >= 0.3 is 0 Å². The van der Waals surface area contributed by atoms with E-state index in [2.05, 4.69) is 5.10 Å². The Balaban J connectivity index is 2.36. The number of nitrogens with zero attached hydrogens (tertiary/aromatic N) is 2. The molecule has 1 unspecified atom stereocenters. The highest BCUT2D eigenvalue weighted by atomic mass is 16.5. The third-order valence-electron chi connectivity index (χ3n) is 1.61. The van der Waals surface area contributed by atoms with E-state index in [9.17, 15) is 0 Å². The van der Waals surface area contributed by atoms with Gasteiger partial charge in [-0.2, -0.15) is 5.10 Å². The number of anilines is 1. The van der Waals surface area contributed by atoms with Gasteiger partial charge in [-0.3, -0.25) is 0 Å². The van der Waals surface area contributed by atoms with Crippen LogP contribution in [0.4, 0.5) is 5.69 Å². The molecule has 1 aliphatic rings. The van der Waals surface area contributed by atoms with Crippen molar-refractivity contribution in [1.29, 1.82) is 0 Å². The summed E-state index contributed by atoms with van der Waals surface area (Å²) >= 11 is 0. The van der Waals surface area contributed by atoms with Gasteiger partial charge in [-0.15, -0.1) is 0 Å². The van der Waals surface area contributed by atoms with Crippen LogP contribution < -0.4 is 10.5 Å². The lowest BCUT2D eigenvalue weighted by Crippen LogP contribution is -2.30. The Hall–Kier alpha value is -1.23. The highest BCUT2D eigenvalue weighted by Gasteiger charge is 2.19. The fourth-order valence-electron chi connectivity index (χ4n) is 1.10. The third-order valence-corrected chi connectivity index (χ3v) is 1.61. The van der Waals surface area contributed by atoms with Gasteiger partial charge in [0.15, 0.2) is 0 Å². The summed E-state index contributed by atoms with van der Waals surface area (Å²) in [5.41, 5.74) is 6.04. The molecule has 5 nitrogen and oxygen atoms in total. The second-order valence-corrected chi connectivity index (χ2v) is 2.55. The normalized spacial score (nSPS) is 22.5. The largest absolute Gasteiger partial charge is 0.474 e. The Morgan fingerprint density at radius 2 is 2.64 bits per heavy atom. The van der Waals surface area contributed by atoms with Crippen molar-refractivity contribution in [2.24, 2.45) is 0 Å². The predicted molar refractivity (Wildman–Crippen MR) is 38.1 cm³/mol. The molecule has 0 radical (unpaired) electrons. The van der Waals surface area contributed by atoms with E-state index in [0.29, 0.717) is 24.7 Å². The lowest BCUT2D eigenvalue weighted by atomic mass is 10.3. The Bertz CT molecular complexity index is 271. The first-order valence-electron chi connectivity index (χ1n) is 3.39. The van der Waals surface area contributed by atoms with Crippen LogP contribution in [0.5, 0.6) is 5.88 Å². The molecule has 0 saturated carbocycles. The monoisotopic (exact) mass is 155 g/mol. The first-order chi connectivity index (χ1) is 5.27. The number of ether oxygens (including phenoxy) is 1. The Morgan fingerprint density at radius 3 is 3.45 bits per heavy atom. The Kier molecular flexibility index (Phi) is 1.25. The van der Waals surface area contributed by atoms with Crippen molar-refractivity contribution in [3.63, 3.8) is 0 Å². The topological polar surface area (TPSA) is 73.3 Å². The molecule has 0 aliphatic carbocycles. The molecule has 0 bridgehead atoms. The van der Waals surface area contributed by atoms with Gasteiger partial charge in [0.25, 0.3) is 0 Å². The van der Waals surface area contributed by atoms with Gasteiger partial charge in [0.2, 0.25) is 5.88 Å². The summed E-state index contributed by atoms with van der Waals surface area (Å²) in [5, 5.41) is 13.1. The van der Waals surface area contributed by atoms with E-state index in [1.807, 2.05) is 0 Å². The molecule has 0 fully saturated rings. The van der Waals surface area contributed by atoms with Crippen LogP contribution in [0.15, 0.2) is 6.20 Å². The van der Waals surface area contributed by atoms with Crippen LogP contribution in [0.2, 0.25) is 0 Å². The minimum atomic E-state index is -0.471. The molecule has 60 valence electrons. The van der Waals surface area contributed by atoms with Gasteiger partial charge in [0.1, 0.15) is 18.4 Å². The standard InChI is InChI=1S/C6H9N3O2/c7-5-1-8-9-2-4(10)3-11-6(5)9/h1,4,10H,2-3,7H2. The molecule has 0 saturated heterocycles. The van der Waals surface area contributed by atoms with Crippen molar-refractivity contribution in [2.45, 2.75) is 12.6 Å². The zero-order chi connectivity index (χ0) is 7.84. The molecule has 0 spiro atoms. The van der Waals surface area contributed by atoms with Gasteiger partial charge in [0.05, 0.1) is 12.7 Å². The quantitative estimate of drug-likeness (QED) is 0.515. The van der Waals surface area contributed by atoms with Gasteiger partial charge in [-0.05, 0) is 0 Å². The first kappa shape index (κ1) is 6.48. The van der Waals surface area contributed by atoms with Crippen molar-refractivity contribution < 1.29 is 9.84 Å². The van der Waals surface area contributed by atoms with Crippen LogP contribution in [-0.2, 0) is 6.54 Å². The van der Waals surface area contributed by atoms with E-state index in [0.717, 1.165) is 0 Å². The van der Waals surface area contributed by atoms with Gasteiger partial charge in [-0.1, -0.05) is 0 Å². The van der Waals surface area contributed by atoms with Crippen molar-refractivity contribution in [2.75, 3.05) is 12.3 Å². The predicted octanol–water partition coefficient (Wildman–Crippen LogP) is -0.781. The van der Waals surface area contributed by atoms with Crippen LogP contribution in [0.25, 0.3) is 0 Å². The van der Waals surface area contributed by atoms with E-state index in [1.165, 1.54) is 6.20 Å². The van der Waals surface area contributed by atoms with Crippen LogP contribution in [0.1, 0.15) is 0 Å². The van der Waals surface area contributed by atoms with E-state index < -0.39 is 6.10 Å². The molecule has 1 aliphatic heterocycles. The fourth-order valence-corrected chi connectivity index (χ4v) is 1.10. The second kappa shape index (κ2) is 2.13. The zero-order valence-corrected chi connectivity index (χ0v) is 5.90. The van der Waals surface area contributed by atoms with Gasteiger partial charge < -0.3 is 15.6 Å². The van der Waals surface area contributed by atoms with Gasteiger partial charge in [0, 0.05) is 0 Å². The summed E-state index contributed by atoms with van der Waals surface area (Å²) in [6, 6.07) is 0. The minimum absolute atomic E-state index is 0.301. The lowest BCUT2D eigenvalue weighted by Gasteiger charge is -2.19. The summed E-state index contributed by atoms with van der Waals surface area (Å²) in [6.07, 6.45) is 1.05. The van der Waals surface area contributed by atoms with E-state index >= 15 is 0 Å². The number of hydrogen-bond acceptors (Lipinski definition) is 4. The molecule has 3 N–H and O–H groups in total. The van der Waals surface area contributed by atoms with E-state index in [-0.39, 0.29) is 0 Å². The van der Waals surface area contributed by atoms with E-state index in [1.54, 1.807) is 4.68 Å². The van der Waals surface area contributed by atoms with Crippen LogP contribution in [0.3, 0.4) is 0 Å². The number of rotatable bonds is 0. The van der Waals surface area contributed by atoms with Gasteiger partial charge in [-0.25, -0.2) is 4.68 Å². The molecule has 2 rings (SSSR count). The lowest BCUT2D eigenvalue weighted by molar-refractivity contribution is 0.0563. The smallest absolute Gasteiger partial charge is 0.235 e. The Morgan fingerprint density at radius 1 is 1.82 bits per heavy atom. The second-order valence-electron chi connectivity index (χ2n) is 2.55. The summed E-state index contributed by atoms with van der Waals surface area (Å²) in [4.78, 5) is 0. The molecular weight excluding hydrogens is 146 g/mol. The SMILES string of the molecule is Nc1cnn2c1OCC(O)C2. The fraction of sp³-hybridized carbons (Fsp3) is 0.500. The molecule has 1 aromatic heterocycles. The number of aliphatic hydroxyl groups excluding tert-OH is 1. The Labute approximate surface area is 63.4 Å². The molecule has 0 aromatic carbocycles. The molecule has 1 atom stereocenters. The summed E-state index contributed by atoms with van der Waals surface area (Å²) < 4.78 is 6.69. The average molecular weight is 155 g/mol. The average Bonchev–Trinajstić information content (AvgIpc) is 2.32. The molecule has 1 aromatic rings. The third kappa shape index (κ3) is 0.932. The van der Waals surface area contributed by atoms with Crippen molar-refractivity contribution >= 4 is 5.69 Å². The maximum absolute atomic E-state index is 9.14. The number of nitrogens with two attached hydrogens (primary N) is 1. The molecule has 2 heterocycles. The van der Waals surface area contributed by atoms with Crippen LogP contribution in [-0.4, -0.2) is 27.6 Å². The van der Waals surface area contributed by atoms with Crippen molar-refractivity contribution in [1.82, 2.24) is 9.78 Å². The number of hydrogen-bond donors (Lipinski definition) is 2. The van der Waals surface area contributed by atoms with Crippen molar-refractivity contribution in [3.8, 4) is 5.88 Å². The highest BCUT2D eigenvalue weighted by Crippen LogP contribution is 2.23. The van der Waals surface area contributed by atoms with Crippen LogP contribution >= 0.6 is 0 Å². The van der Waals surface area contributed by atoms with Crippen LogP contribution in [0, 0.1) is 0 Å². The number of aromatic nitrogens is 2. The molecular formula is C6H9N3O2. The first-order valence-corrected chi connectivity index (χ1v) is 3.39. The highest BCUT2D eigenvalue weighted by molar-refractivity contribution is 5.46. The van der Waals surface area contributed by atoms with E-state index in [4.69, 9.17) is 15.6 Å². The number of nitrogen functional groups attached to an aromatic ring is 1. The minimum Gasteiger partial charge on any atom is -0.474 e. The number of fused-ring (bicyclic) bond motifs is 1. The molecule has 5 heteroatoms. The summed E-state index contributed by atoms with van der Waals surface area (Å²) in [6.45, 7) is 0.766. The summed E-state index contributed by atoms with van der Waals surface area (Å²) in [7, 11) is 0. The summed E-state index contributed by atoms with van der Waals surface area (Å²) in [5.74, 6) is 0.565. The zero-order valence-electron chi connectivity index (χ0n) is 5.90. The maximum Gasteiger partial charge on any atom is 0.235 e. The molecule has 0 amide bonds.